The number of allylic oxidation sites excluding steroid dienone is 1. The standard InChI is InChI=1S/C25H19N3/c26-25(27)16-10-8-15(9-11-16)17-12-13-19-21-6-3-5-20-18-4-1-2-7-22(18)28(24(20)21)23(19)14-17/h1-5,7-14,21H,6H2,(H3,26,27). The van der Waals surface area contributed by atoms with Crippen LogP contribution < -0.4 is 5.73 Å². The van der Waals surface area contributed by atoms with E-state index in [0.717, 1.165) is 17.5 Å². The number of para-hydroxylation sites is 1. The summed E-state index contributed by atoms with van der Waals surface area (Å²) < 4.78 is 2.46. The average molecular weight is 361 g/mol. The van der Waals surface area contributed by atoms with Gasteiger partial charge in [-0.3, -0.25) is 5.41 Å². The molecule has 4 aromatic rings. The number of fused-ring (bicyclic) bond motifs is 6. The van der Waals surface area contributed by atoms with Crippen molar-refractivity contribution in [2.75, 3.05) is 0 Å². The summed E-state index contributed by atoms with van der Waals surface area (Å²) in [5, 5.41) is 8.92. The van der Waals surface area contributed by atoms with Crippen LogP contribution in [0.2, 0.25) is 0 Å². The van der Waals surface area contributed by atoms with E-state index in [2.05, 4.69) is 59.2 Å². The highest BCUT2D eigenvalue weighted by Gasteiger charge is 2.34. The Labute approximate surface area is 163 Å². The van der Waals surface area contributed by atoms with Gasteiger partial charge in [0.05, 0.1) is 11.2 Å². The van der Waals surface area contributed by atoms with Gasteiger partial charge in [-0.05, 0) is 35.2 Å². The van der Waals surface area contributed by atoms with E-state index in [1.54, 1.807) is 0 Å². The fourth-order valence-electron chi connectivity index (χ4n) is 4.82. The first-order valence-electron chi connectivity index (χ1n) is 9.61. The molecule has 0 fully saturated rings. The molecule has 6 rings (SSSR count). The number of nitrogens with one attached hydrogen (secondary N) is 1. The maximum Gasteiger partial charge on any atom is 0.122 e. The topological polar surface area (TPSA) is 54.8 Å². The lowest BCUT2D eigenvalue weighted by atomic mass is 9.87. The number of amidine groups is 1. The van der Waals surface area contributed by atoms with Crippen molar-refractivity contribution in [3.05, 3.63) is 95.2 Å². The summed E-state index contributed by atoms with van der Waals surface area (Å²) in [6, 6.07) is 23.4. The van der Waals surface area contributed by atoms with Crippen LogP contribution in [0.5, 0.6) is 0 Å². The summed E-state index contributed by atoms with van der Waals surface area (Å²) in [7, 11) is 0. The van der Waals surface area contributed by atoms with Gasteiger partial charge in [-0.1, -0.05) is 66.7 Å². The van der Waals surface area contributed by atoms with Crippen molar-refractivity contribution in [1.29, 1.82) is 5.41 Å². The molecule has 3 aromatic carbocycles. The molecule has 2 aliphatic rings. The second kappa shape index (κ2) is 5.46. The lowest BCUT2D eigenvalue weighted by Gasteiger charge is -2.15. The molecule has 3 heteroatoms. The third kappa shape index (κ3) is 1.96. The molecule has 0 radical (unpaired) electrons. The molecule has 134 valence electrons. The summed E-state index contributed by atoms with van der Waals surface area (Å²) >= 11 is 0. The number of benzene rings is 3. The highest BCUT2D eigenvalue weighted by atomic mass is 15.0. The summed E-state index contributed by atoms with van der Waals surface area (Å²) in [4.78, 5) is 0. The van der Waals surface area contributed by atoms with Gasteiger partial charge in [-0.2, -0.15) is 0 Å². The molecule has 0 saturated heterocycles. The van der Waals surface area contributed by atoms with Crippen LogP contribution in [0.1, 0.15) is 34.7 Å². The zero-order valence-electron chi connectivity index (χ0n) is 15.3. The molecule has 0 saturated carbocycles. The maximum absolute atomic E-state index is 7.59. The monoisotopic (exact) mass is 361 g/mol. The second-order valence-corrected chi connectivity index (χ2v) is 7.61. The molecule has 3 N–H and O–H groups in total. The Hall–Kier alpha value is -3.59. The predicted molar refractivity (Wildman–Crippen MR) is 115 cm³/mol. The molecule has 3 nitrogen and oxygen atoms in total. The first-order valence-corrected chi connectivity index (χ1v) is 9.61. The van der Waals surface area contributed by atoms with E-state index >= 15 is 0 Å². The van der Waals surface area contributed by atoms with Gasteiger partial charge in [0.1, 0.15) is 5.84 Å². The molecule has 0 spiro atoms. The molecule has 2 heterocycles. The van der Waals surface area contributed by atoms with Crippen LogP contribution >= 0.6 is 0 Å². The minimum Gasteiger partial charge on any atom is -0.384 e. The summed E-state index contributed by atoms with van der Waals surface area (Å²) in [5.41, 5.74) is 15.5. The van der Waals surface area contributed by atoms with Crippen molar-refractivity contribution in [3.8, 4) is 16.8 Å². The smallest absolute Gasteiger partial charge is 0.122 e. The summed E-state index contributed by atoms with van der Waals surface area (Å²) in [5.74, 6) is 0.543. The van der Waals surface area contributed by atoms with Gasteiger partial charge < -0.3 is 10.3 Å². The Kier molecular flexibility index (Phi) is 3.01. The van der Waals surface area contributed by atoms with E-state index in [1.807, 2.05) is 24.3 Å². The van der Waals surface area contributed by atoms with Gasteiger partial charge in [0.2, 0.25) is 0 Å². The number of hydrogen-bond donors (Lipinski definition) is 2. The van der Waals surface area contributed by atoms with Crippen molar-refractivity contribution < 1.29 is 0 Å². The normalized spacial score (nSPS) is 16.2. The minimum absolute atomic E-state index is 0.102. The van der Waals surface area contributed by atoms with E-state index < -0.39 is 0 Å². The third-order valence-corrected chi connectivity index (χ3v) is 6.11. The Morgan fingerprint density at radius 1 is 0.964 bits per heavy atom. The van der Waals surface area contributed by atoms with Crippen molar-refractivity contribution in [2.45, 2.75) is 12.3 Å². The van der Waals surface area contributed by atoms with Crippen LogP contribution in [0.25, 0.3) is 33.8 Å². The fourth-order valence-corrected chi connectivity index (χ4v) is 4.82. The number of hydrogen-bond acceptors (Lipinski definition) is 1. The zero-order valence-corrected chi connectivity index (χ0v) is 15.3. The number of nitrogen functional groups attached to an aromatic ring is 1. The number of rotatable bonds is 2. The van der Waals surface area contributed by atoms with Crippen molar-refractivity contribution in [1.82, 2.24) is 4.57 Å². The maximum atomic E-state index is 7.59. The van der Waals surface area contributed by atoms with E-state index in [-0.39, 0.29) is 5.84 Å². The molecule has 28 heavy (non-hydrogen) atoms. The number of nitrogens with two attached hydrogens (primary N) is 1. The van der Waals surface area contributed by atoms with Gasteiger partial charge >= 0.3 is 0 Å². The highest BCUT2D eigenvalue weighted by Crippen LogP contribution is 2.49. The average Bonchev–Trinajstić information content (AvgIpc) is 3.25. The Balaban J connectivity index is 1.57. The first kappa shape index (κ1) is 15.5. The quantitative estimate of drug-likeness (QED) is 0.362. The van der Waals surface area contributed by atoms with E-state index in [9.17, 15) is 0 Å². The Morgan fingerprint density at radius 2 is 1.75 bits per heavy atom. The lowest BCUT2D eigenvalue weighted by molar-refractivity contribution is 0.820. The van der Waals surface area contributed by atoms with Crippen LogP contribution in [0, 0.1) is 5.41 Å². The molecule has 1 aromatic heterocycles. The molecular formula is C25H19N3. The van der Waals surface area contributed by atoms with Gasteiger partial charge in [0, 0.05) is 28.1 Å². The Bertz CT molecular complexity index is 1310. The van der Waals surface area contributed by atoms with Gasteiger partial charge in [-0.25, -0.2) is 0 Å². The third-order valence-electron chi connectivity index (χ3n) is 6.11. The van der Waals surface area contributed by atoms with Crippen molar-refractivity contribution in [3.63, 3.8) is 0 Å². The minimum atomic E-state index is 0.102. The zero-order chi connectivity index (χ0) is 18.8. The summed E-state index contributed by atoms with van der Waals surface area (Å²) in [6.45, 7) is 0. The number of nitrogens with zero attached hydrogens (tertiary/aromatic N) is 1. The fraction of sp³-hybridized carbons (Fsp3) is 0.0800. The SMILES string of the molecule is N=C(N)c1ccc(-c2ccc3c(c2)-n2c4c(c5ccccc52)C=CCC34)cc1. The molecular weight excluding hydrogens is 342 g/mol. The van der Waals surface area contributed by atoms with Gasteiger partial charge in [0.25, 0.3) is 0 Å². The van der Waals surface area contributed by atoms with Crippen molar-refractivity contribution >= 4 is 22.8 Å². The van der Waals surface area contributed by atoms with E-state index in [1.165, 1.54) is 39.0 Å². The molecule has 0 amide bonds. The van der Waals surface area contributed by atoms with Crippen LogP contribution in [-0.2, 0) is 0 Å². The molecule has 1 atom stereocenters. The van der Waals surface area contributed by atoms with Crippen molar-refractivity contribution in [2.24, 2.45) is 5.73 Å². The molecule has 1 unspecified atom stereocenters. The lowest BCUT2D eigenvalue weighted by Crippen LogP contribution is -2.10. The van der Waals surface area contributed by atoms with Crippen LogP contribution in [-0.4, -0.2) is 10.4 Å². The van der Waals surface area contributed by atoms with Crippen LogP contribution in [0.3, 0.4) is 0 Å². The highest BCUT2D eigenvalue weighted by molar-refractivity contribution is 5.96. The largest absolute Gasteiger partial charge is 0.384 e. The first-order chi connectivity index (χ1) is 13.7. The van der Waals surface area contributed by atoms with Crippen LogP contribution in [0.15, 0.2) is 72.8 Å². The molecule has 0 bridgehead atoms. The molecule has 1 aliphatic carbocycles. The Morgan fingerprint density at radius 3 is 2.57 bits per heavy atom. The van der Waals surface area contributed by atoms with Crippen LogP contribution in [0.4, 0.5) is 0 Å². The van der Waals surface area contributed by atoms with Gasteiger partial charge in [-0.15, -0.1) is 0 Å². The van der Waals surface area contributed by atoms with E-state index in [0.29, 0.717) is 5.92 Å². The molecule has 1 aliphatic heterocycles. The van der Waals surface area contributed by atoms with Gasteiger partial charge in [0.15, 0.2) is 0 Å². The number of aromatic nitrogens is 1. The second-order valence-electron chi connectivity index (χ2n) is 7.61. The summed E-state index contributed by atoms with van der Waals surface area (Å²) in [6.07, 6.45) is 5.66. The predicted octanol–water partition coefficient (Wildman–Crippen LogP) is 5.44. The van der Waals surface area contributed by atoms with E-state index in [4.69, 9.17) is 11.1 Å².